The number of rotatable bonds is 4. The first-order valence-corrected chi connectivity index (χ1v) is 10.2. The molecule has 0 fully saturated rings. The van der Waals surface area contributed by atoms with E-state index in [9.17, 15) is 0 Å². The van der Waals surface area contributed by atoms with Gasteiger partial charge in [-0.1, -0.05) is 62.4 Å². The van der Waals surface area contributed by atoms with E-state index in [4.69, 9.17) is 4.98 Å². The lowest BCUT2D eigenvalue weighted by Crippen LogP contribution is -2.48. The van der Waals surface area contributed by atoms with Gasteiger partial charge in [-0.25, -0.2) is 4.98 Å². The van der Waals surface area contributed by atoms with E-state index >= 15 is 0 Å². The van der Waals surface area contributed by atoms with Crippen molar-refractivity contribution in [2.75, 3.05) is 0 Å². The average molecular weight is 371 g/mol. The molecule has 1 atom stereocenters. The second-order valence-electron chi connectivity index (χ2n) is 7.76. The summed E-state index contributed by atoms with van der Waals surface area (Å²) in [4.78, 5) is 12.1. The normalized spacial score (nSPS) is 18.3. The molecule has 0 unspecified atom stereocenters. The highest BCUT2D eigenvalue weighted by Gasteiger charge is 2.40. The minimum Gasteiger partial charge on any atom is -0.357 e. The Bertz CT molecular complexity index is 1100. The van der Waals surface area contributed by atoms with Crippen molar-refractivity contribution in [3.63, 3.8) is 0 Å². The highest BCUT2D eigenvalue weighted by Crippen LogP contribution is 2.42. The van der Waals surface area contributed by atoms with Crippen LogP contribution in [0.5, 0.6) is 0 Å². The molecule has 1 aliphatic heterocycles. The molecule has 0 aliphatic carbocycles. The van der Waals surface area contributed by atoms with E-state index in [0.717, 1.165) is 30.8 Å². The van der Waals surface area contributed by atoms with Crippen LogP contribution in [0.15, 0.2) is 60.8 Å². The van der Waals surface area contributed by atoms with E-state index in [1.807, 2.05) is 12.3 Å². The van der Waals surface area contributed by atoms with E-state index in [2.05, 4.69) is 77.7 Å². The van der Waals surface area contributed by atoms with E-state index < -0.39 is 0 Å². The number of H-pyrrole nitrogens is 2. The molecule has 0 bridgehead atoms. The molecule has 1 aliphatic rings. The first kappa shape index (κ1) is 17.3. The van der Waals surface area contributed by atoms with Crippen LogP contribution in [0.1, 0.15) is 49.8 Å². The van der Waals surface area contributed by atoms with Gasteiger partial charge in [0.05, 0.1) is 23.5 Å². The van der Waals surface area contributed by atoms with Crippen molar-refractivity contribution in [1.82, 2.24) is 20.3 Å². The van der Waals surface area contributed by atoms with Gasteiger partial charge in [0.2, 0.25) is 0 Å². The van der Waals surface area contributed by atoms with Crippen LogP contribution >= 0.6 is 0 Å². The molecule has 2 aromatic carbocycles. The quantitative estimate of drug-likeness (QED) is 0.447. The van der Waals surface area contributed by atoms with Crippen molar-refractivity contribution >= 4 is 10.9 Å². The highest BCUT2D eigenvalue weighted by atomic mass is 15.1. The third-order valence-corrected chi connectivity index (χ3v) is 6.37. The number of hydrogen-bond acceptors (Lipinski definition) is 2. The predicted molar refractivity (Wildman–Crippen MR) is 114 cm³/mol. The van der Waals surface area contributed by atoms with Gasteiger partial charge in [-0.05, 0) is 36.5 Å². The summed E-state index contributed by atoms with van der Waals surface area (Å²) in [7, 11) is 0. The number of fused-ring (bicyclic) bond motifs is 3. The summed E-state index contributed by atoms with van der Waals surface area (Å²) in [5.41, 5.74) is 6.19. The maximum atomic E-state index is 4.76. The average Bonchev–Trinajstić information content (AvgIpc) is 3.39. The smallest absolute Gasteiger partial charge is 0.124 e. The topological polar surface area (TPSA) is 56.5 Å². The lowest BCUT2D eigenvalue weighted by molar-refractivity contribution is 0.237. The van der Waals surface area contributed by atoms with Crippen molar-refractivity contribution in [2.45, 2.75) is 44.7 Å². The second-order valence-corrected chi connectivity index (χ2v) is 7.76. The molecular weight excluding hydrogens is 344 g/mol. The Morgan fingerprint density at radius 1 is 0.964 bits per heavy atom. The summed E-state index contributed by atoms with van der Waals surface area (Å²) >= 11 is 0. The number of para-hydroxylation sites is 1. The fraction of sp³-hybridized carbons (Fsp3) is 0.292. The Labute approximate surface area is 165 Å². The van der Waals surface area contributed by atoms with Crippen molar-refractivity contribution < 1.29 is 0 Å². The standard InChI is InChI=1S/C24H26N4/c1-3-24(4-2)22-18(17-12-8-9-13-19(17)26-22)14-20(28-24)23-25-15-21(27-23)16-10-6-5-7-11-16/h5-13,15,20,26,28H,3-4,14H2,1-2H3,(H,25,27)/t20-/m0/s1. The zero-order valence-electron chi connectivity index (χ0n) is 16.4. The zero-order valence-corrected chi connectivity index (χ0v) is 16.4. The number of nitrogens with zero attached hydrogens (tertiary/aromatic N) is 1. The Kier molecular flexibility index (Phi) is 4.09. The first-order valence-electron chi connectivity index (χ1n) is 10.2. The molecule has 4 heteroatoms. The summed E-state index contributed by atoms with van der Waals surface area (Å²) < 4.78 is 0. The minimum absolute atomic E-state index is 0.0586. The monoisotopic (exact) mass is 370 g/mol. The molecule has 0 amide bonds. The summed E-state index contributed by atoms with van der Waals surface area (Å²) in [6.07, 6.45) is 4.96. The van der Waals surface area contributed by atoms with E-state index in [1.54, 1.807) is 0 Å². The van der Waals surface area contributed by atoms with Gasteiger partial charge in [-0.15, -0.1) is 0 Å². The summed E-state index contributed by atoms with van der Waals surface area (Å²) in [6, 6.07) is 19.2. The fourth-order valence-corrected chi connectivity index (χ4v) is 4.73. The molecule has 4 aromatic rings. The van der Waals surface area contributed by atoms with Gasteiger partial charge in [0.15, 0.2) is 0 Å². The van der Waals surface area contributed by atoms with Crippen molar-refractivity contribution in [3.05, 3.63) is 77.9 Å². The predicted octanol–water partition coefficient (Wildman–Crippen LogP) is 5.46. The Hall–Kier alpha value is -2.85. The molecule has 28 heavy (non-hydrogen) atoms. The van der Waals surface area contributed by atoms with Crippen LogP contribution in [0.3, 0.4) is 0 Å². The van der Waals surface area contributed by atoms with Gasteiger partial charge in [-0.2, -0.15) is 0 Å². The van der Waals surface area contributed by atoms with Crippen LogP contribution in [0.2, 0.25) is 0 Å². The third kappa shape index (κ3) is 2.60. The Balaban J connectivity index is 1.59. The van der Waals surface area contributed by atoms with E-state index in [-0.39, 0.29) is 11.6 Å². The van der Waals surface area contributed by atoms with E-state index in [0.29, 0.717) is 0 Å². The van der Waals surface area contributed by atoms with Gasteiger partial charge >= 0.3 is 0 Å². The number of hydrogen-bond donors (Lipinski definition) is 3. The molecule has 0 spiro atoms. The molecule has 0 radical (unpaired) electrons. The van der Waals surface area contributed by atoms with Crippen LogP contribution in [-0.2, 0) is 12.0 Å². The summed E-state index contributed by atoms with van der Waals surface area (Å²) in [5.74, 6) is 1.01. The number of benzene rings is 2. The number of aromatic nitrogens is 3. The van der Waals surface area contributed by atoms with Crippen LogP contribution in [0.4, 0.5) is 0 Å². The summed E-state index contributed by atoms with van der Waals surface area (Å²) in [6.45, 7) is 4.54. The number of imidazole rings is 1. The molecule has 0 saturated carbocycles. The van der Waals surface area contributed by atoms with Gasteiger partial charge < -0.3 is 9.97 Å². The SMILES string of the molecule is CCC1(CC)N[C@H](c2ncc(-c3ccccc3)[nH]2)Cc2c1[nH]c1ccccc21. The van der Waals surface area contributed by atoms with Crippen LogP contribution in [0.25, 0.3) is 22.2 Å². The molecular formula is C24H26N4. The highest BCUT2D eigenvalue weighted by molar-refractivity contribution is 5.85. The van der Waals surface area contributed by atoms with Crippen LogP contribution in [0, 0.1) is 0 Å². The van der Waals surface area contributed by atoms with Crippen LogP contribution in [-0.4, -0.2) is 15.0 Å². The van der Waals surface area contributed by atoms with E-state index in [1.165, 1.54) is 27.7 Å². The Morgan fingerprint density at radius 3 is 2.50 bits per heavy atom. The zero-order chi connectivity index (χ0) is 19.1. The van der Waals surface area contributed by atoms with Gasteiger partial charge in [0, 0.05) is 16.6 Å². The molecule has 142 valence electrons. The van der Waals surface area contributed by atoms with Crippen LogP contribution < -0.4 is 5.32 Å². The largest absolute Gasteiger partial charge is 0.357 e. The lowest BCUT2D eigenvalue weighted by Gasteiger charge is -2.41. The van der Waals surface area contributed by atoms with Gasteiger partial charge in [0.1, 0.15) is 5.82 Å². The van der Waals surface area contributed by atoms with Gasteiger partial charge in [0.25, 0.3) is 0 Å². The summed E-state index contributed by atoms with van der Waals surface area (Å²) in [5, 5.41) is 5.28. The second kappa shape index (κ2) is 6.64. The maximum Gasteiger partial charge on any atom is 0.124 e. The third-order valence-electron chi connectivity index (χ3n) is 6.37. The molecule has 0 saturated heterocycles. The molecule has 4 nitrogen and oxygen atoms in total. The minimum atomic E-state index is -0.0586. The lowest BCUT2D eigenvalue weighted by atomic mass is 9.80. The molecule has 2 aromatic heterocycles. The van der Waals surface area contributed by atoms with Crippen molar-refractivity contribution in [1.29, 1.82) is 0 Å². The molecule has 3 N–H and O–H groups in total. The number of aromatic amines is 2. The molecule has 3 heterocycles. The van der Waals surface area contributed by atoms with Crippen molar-refractivity contribution in [2.24, 2.45) is 0 Å². The van der Waals surface area contributed by atoms with Crippen molar-refractivity contribution in [3.8, 4) is 11.3 Å². The van der Waals surface area contributed by atoms with Gasteiger partial charge in [-0.3, -0.25) is 5.32 Å². The molecule has 5 rings (SSSR count). The first-order chi connectivity index (χ1) is 13.7. The number of nitrogens with one attached hydrogen (secondary N) is 3. The fourth-order valence-electron chi connectivity index (χ4n) is 4.73. The Morgan fingerprint density at radius 2 is 1.71 bits per heavy atom. The maximum absolute atomic E-state index is 4.76.